The number of nitrogens with one attached hydrogen (secondary N) is 1. The van der Waals surface area contributed by atoms with E-state index in [1.807, 2.05) is 17.9 Å². The summed E-state index contributed by atoms with van der Waals surface area (Å²) in [4.78, 5) is 0. The van der Waals surface area contributed by atoms with Gasteiger partial charge < -0.3 is 14.8 Å². The zero-order valence-electron chi connectivity index (χ0n) is 11.5. The van der Waals surface area contributed by atoms with Crippen LogP contribution in [0.1, 0.15) is 18.5 Å². The van der Waals surface area contributed by atoms with Crippen molar-refractivity contribution in [1.82, 2.24) is 15.1 Å². The van der Waals surface area contributed by atoms with Crippen molar-refractivity contribution in [2.24, 2.45) is 7.05 Å². The van der Waals surface area contributed by atoms with E-state index in [0.29, 0.717) is 13.2 Å². The smallest absolute Gasteiger partial charge is 0.0700 e. The van der Waals surface area contributed by atoms with E-state index in [4.69, 9.17) is 9.47 Å². The van der Waals surface area contributed by atoms with E-state index in [0.717, 1.165) is 39.0 Å². The summed E-state index contributed by atoms with van der Waals surface area (Å²) in [6.45, 7) is 4.26. The fraction of sp³-hybridized carbons (Fsp3) is 0.769. The largest absolute Gasteiger partial charge is 0.382 e. The summed E-state index contributed by atoms with van der Waals surface area (Å²) in [5, 5.41) is 7.57. The highest BCUT2D eigenvalue weighted by Gasteiger charge is 1.97. The van der Waals surface area contributed by atoms with Crippen molar-refractivity contribution in [2.75, 3.05) is 40.0 Å². The Hall–Kier alpha value is -0.910. The van der Waals surface area contributed by atoms with Crippen molar-refractivity contribution < 1.29 is 9.47 Å². The van der Waals surface area contributed by atoms with E-state index in [2.05, 4.69) is 16.5 Å². The first-order chi connectivity index (χ1) is 8.84. The van der Waals surface area contributed by atoms with Gasteiger partial charge in [0.25, 0.3) is 0 Å². The van der Waals surface area contributed by atoms with E-state index in [1.54, 1.807) is 7.11 Å². The molecule has 1 aromatic rings. The van der Waals surface area contributed by atoms with Crippen LogP contribution in [0, 0.1) is 0 Å². The van der Waals surface area contributed by atoms with Crippen molar-refractivity contribution in [1.29, 1.82) is 0 Å². The van der Waals surface area contributed by atoms with Gasteiger partial charge in [0.05, 0.1) is 13.2 Å². The fourth-order valence-electron chi connectivity index (χ4n) is 1.69. The van der Waals surface area contributed by atoms with Gasteiger partial charge in [-0.05, 0) is 25.5 Å². The quantitative estimate of drug-likeness (QED) is 0.599. The second-order valence-electron chi connectivity index (χ2n) is 4.26. The zero-order chi connectivity index (χ0) is 13.1. The lowest BCUT2D eigenvalue weighted by Gasteiger charge is -2.06. The molecule has 0 unspecified atom stereocenters. The predicted octanol–water partition coefficient (Wildman–Crippen LogP) is 0.995. The molecule has 0 saturated carbocycles. The summed E-state index contributed by atoms with van der Waals surface area (Å²) in [7, 11) is 3.67. The van der Waals surface area contributed by atoms with Gasteiger partial charge in [-0.15, -0.1) is 0 Å². The van der Waals surface area contributed by atoms with Gasteiger partial charge >= 0.3 is 0 Å². The SMILES string of the molecule is COCCOCCCCNCCc1ccnn1C. The van der Waals surface area contributed by atoms with Gasteiger partial charge in [0.1, 0.15) is 0 Å². The Morgan fingerprint density at radius 2 is 2.11 bits per heavy atom. The van der Waals surface area contributed by atoms with Crippen LogP contribution < -0.4 is 5.32 Å². The molecule has 0 radical (unpaired) electrons. The maximum atomic E-state index is 5.39. The van der Waals surface area contributed by atoms with Gasteiger partial charge in [-0.2, -0.15) is 5.10 Å². The molecule has 0 atom stereocenters. The molecule has 0 spiro atoms. The molecule has 0 aliphatic heterocycles. The van der Waals surface area contributed by atoms with Crippen LogP contribution in [0.2, 0.25) is 0 Å². The number of ether oxygens (including phenoxy) is 2. The van der Waals surface area contributed by atoms with Crippen LogP contribution in [0.5, 0.6) is 0 Å². The van der Waals surface area contributed by atoms with Crippen LogP contribution in [0.4, 0.5) is 0 Å². The third-order valence-electron chi connectivity index (χ3n) is 2.80. The van der Waals surface area contributed by atoms with E-state index in [1.165, 1.54) is 5.69 Å². The Kier molecular flexibility index (Phi) is 8.46. The Morgan fingerprint density at radius 1 is 1.22 bits per heavy atom. The molecule has 1 rings (SSSR count). The number of aryl methyl sites for hydroxylation is 1. The van der Waals surface area contributed by atoms with Gasteiger partial charge in [-0.3, -0.25) is 4.68 Å². The Balaban J connectivity index is 1.83. The summed E-state index contributed by atoms with van der Waals surface area (Å²) >= 11 is 0. The Morgan fingerprint density at radius 3 is 2.83 bits per heavy atom. The molecule has 0 aliphatic rings. The van der Waals surface area contributed by atoms with Crippen LogP contribution in [-0.4, -0.2) is 49.8 Å². The second kappa shape index (κ2) is 10.1. The van der Waals surface area contributed by atoms with Crippen LogP contribution in [-0.2, 0) is 22.9 Å². The minimum Gasteiger partial charge on any atom is -0.382 e. The van der Waals surface area contributed by atoms with Crippen LogP contribution in [0.3, 0.4) is 0 Å². The predicted molar refractivity (Wildman–Crippen MR) is 71.7 cm³/mol. The van der Waals surface area contributed by atoms with Gasteiger partial charge in [0.2, 0.25) is 0 Å². The lowest BCUT2D eigenvalue weighted by atomic mass is 10.3. The number of hydrogen-bond acceptors (Lipinski definition) is 4. The Labute approximate surface area is 109 Å². The fourth-order valence-corrected chi connectivity index (χ4v) is 1.69. The molecule has 0 bridgehead atoms. The van der Waals surface area contributed by atoms with Gasteiger partial charge in [-0.1, -0.05) is 0 Å². The molecule has 1 heterocycles. The molecule has 0 amide bonds. The number of rotatable bonds is 11. The van der Waals surface area contributed by atoms with Crippen molar-refractivity contribution in [3.05, 3.63) is 18.0 Å². The maximum absolute atomic E-state index is 5.39. The summed E-state index contributed by atoms with van der Waals surface area (Å²) < 4.78 is 12.2. The average Bonchev–Trinajstić information content (AvgIpc) is 2.77. The number of aromatic nitrogens is 2. The number of nitrogens with zero attached hydrogens (tertiary/aromatic N) is 2. The summed E-state index contributed by atoms with van der Waals surface area (Å²) in [5.41, 5.74) is 1.27. The van der Waals surface area contributed by atoms with E-state index < -0.39 is 0 Å². The van der Waals surface area contributed by atoms with Gasteiger partial charge in [-0.25, -0.2) is 0 Å². The molecule has 0 aromatic carbocycles. The molecule has 18 heavy (non-hydrogen) atoms. The summed E-state index contributed by atoms with van der Waals surface area (Å²) in [6.07, 6.45) is 5.12. The first-order valence-electron chi connectivity index (χ1n) is 6.59. The van der Waals surface area contributed by atoms with Crippen LogP contribution >= 0.6 is 0 Å². The first-order valence-corrected chi connectivity index (χ1v) is 6.59. The van der Waals surface area contributed by atoms with Gasteiger partial charge in [0.15, 0.2) is 0 Å². The van der Waals surface area contributed by atoms with E-state index >= 15 is 0 Å². The number of hydrogen-bond donors (Lipinski definition) is 1. The molecule has 5 nitrogen and oxygen atoms in total. The van der Waals surface area contributed by atoms with Gasteiger partial charge in [0, 0.05) is 45.6 Å². The second-order valence-corrected chi connectivity index (χ2v) is 4.26. The summed E-state index contributed by atoms with van der Waals surface area (Å²) in [6, 6.07) is 2.06. The highest BCUT2D eigenvalue weighted by molar-refractivity contribution is 5.00. The molecule has 0 saturated heterocycles. The average molecular weight is 255 g/mol. The molecule has 104 valence electrons. The monoisotopic (exact) mass is 255 g/mol. The third-order valence-corrected chi connectivity index (χ3v) is 2.80. The minimum atomic E-state index is 0.683. The van der Waals surface area contributed by atoms with Crippen molar-refractivity contribution in [3.8, 4) is 0 Å². The zero-order valence-corrected chi connectivity index (χ0v) is 11.5. The lowest BCUT2D eigenvalue weighted by Crippen LogP contribution is -2.20. The first kappa shape index (κ1) is 15.1. The maximum Gasteiger partial charge on any atom is 0.0700 e. The van der Waals surface area contributed by atoms with Crippen LogP contribution in [0.15, 0.2) is 12.3 Å². The molecule has 5 heteroatoms. The lowest BCUT2D eigenvalue weighted by molar-refractivity contribution is 0.0688. The topological polar surface area (TPSA) is 48.3 Å². The highest BCUT2D eigenvalue weighted by Crippen LogP contribution is 1.96. The van der Waals surface area contributed by atoms with Crippen molar-refractivity contribution in [2.45, 2.75) is 19.3 Å². The normalized spacial score (nSPS) is 11.0. The van der Waals surface area contributed by atoms with Crippen molar-refractivity contribution in [3.63, 3.8) is 0 Å². The van der Waals surface area contributed by atoms with E-state index in [9.17, 15) is 0 Å². The number of unbranched alkanes of at least 4 members (excludes halogenated alkanes) is 1. The summed E-state index contributed by atoms with van der Waals surface area (Å²) in [5.74, 6) is 0. The molecule has 1 N–H and O–H groups in total. The molecular formula is C13H25N3O2. The van der Waals surface area contributed by atoms with E-state index in [-0.39, 0.29) is 0 Å². The van der Waals surface area contributed by atoms with Crippen LogP contribution in [0.25, 0.3) is 0 Å². The third kappa shape index (κ3) is 6.74. The number of methoxy groups -OCH3 is 1. The standard InChI is InChI=1S/C13H25N3O2/c1-16-13(6-9-15-16)5-8-14-7-3-4-10-18-12-11-17-2/h6,9,14H,3-5,7-8,10-12H2,1-2H3. The highest BCUT2D eigenvalue weighted by atomic mass is 16.5. The molecule has 0 fully saturated rings. The minimum absolute atomic E-state index is 0.683. The Bertz CT molecular complexity index is 302. The molecule has 1 aromatic heterocycles. The molecular weight excluding hydrogens is 230 g/mol. The molecule has 0 aliphatic carbocycles. The van der Waals surface area contributed by atoms with Crippen molar-refractivity contribution >= 4 is 0 Å².